The molecule has 1 N–H and O–H groups in total. The molecule has 3 aromatic rings. The van der Waals surface area contributed by atoms with Crippen LogP contribution in [0.1, 0.15) is 50.0 Å². The number of benzene rings is 1. The second-order valence-electron chi connectivity index (χ2n) is 7.99. The quantitative estimate of drug-likeness (QED) is 0.573. The van der Waals surface area contributed by atoms with E-state index in [1.807, 2.05) is 46.0 Å². The fourth-order valence-corrected chi connectivity index (χ4v) is 4.08. The van der Waals surface area contributed by atoms with Crippen LogP contribution in [0.3, 0.4) is 0 Å². The summed E-state index contributed by atoms with van der Waals surface area (Å²) in [5.41, 5.74) is 3.28. The molecule has 1 fully saturated rings. The smallest absolute Gasteiger partial charge is 0.255 e. The van der Waals surface area contributed by atoms with Gasteiger partial charge in [0.25, 0.3) is 5.91 Å². The van der Waals surface area contributed by atoms with Gasteiger partial charge in [-0.2, -0.15) is 5.10 Å². The third kappa shape index (κ3) is 5.03. The summed E-state index contributed by atoms with van der Waals surface area (Å²) in [5, 5.41) is 8.76. The molecule has 1 aliphatic heterocycles. The molecule has 0 radical (unpaired) electrons. The Balaban J connectivity index is 0.00000171. The molecule has 1 atom stereocenters. The number of aromatic nitrogens is 3. The Hall–Kier alpha value is -2.15. The Morgan fingerprint density at radius 1 is 1.26 bits per heavy atom. The molecule has 0 bridgehead atoms. The summed E-state index contributed by atoms with van der Waals surface area (Å²) in [6.45, 7) is 8.86. The minimum atomic E-state index is 0. The van der Waals surface area contributed by atoms with Gasteiger partial charge in [-0.05, 0) is 39.3 Å². The number of amides is 1. The predicted molar refractivity (Wildman–Crippen MR) is 130 cm³/mol. The number of fused-ring (bicyclic) bond motifs is 1. The highest BCUT2D eigenvalue weighted by Crippen LogP contribution is 2.28. The zero-order chi connectivity index (χ0) is 20.4. The summed E-state index contributed by atoms with van der Waals surface area (Å²) in [6.07, 6.45) is 3.73. The maximum Gasteiger partial charge on any atom is 0.255 e. The topological polar surface area (TPSA) is 63.1 Å². The lowest BCUT2D eigenvalue weighted by molar-refractivity contribution is 0.0694. The van der Waals surface area contributed by atoms with Gasteiger partial charge in [-0.15, -0.1) is 24.8 Å². The van der Waals surface area contributed by atoms with Crippen LogP contribution in [0, 0.1) is 0 Å². The van der Waals surface area contributed by atoms with Gasteiger partial charge in [0, 0.05) is 30.7 Å². The zero-order valence-corrected chi connectivity index (χ0v) is 19.9. The lowest BCUT2D eigenvalue weighted by Gasteiger charge is -2.28. The molecule has 0 aliphatic carbocycles. The van der Waals surface area contributed by atoms with Crippen LogP contribution in [0.2, 0.25) is 0 Å². The molecule has 8 heteroatoms. The third-order valence-corrected chi connectivity index (χ3v) is 5.56. The first-order valence-electron chi connectivity index (χ1n) is 10.6. The van der Waals surface area contributed by atoms with Crippen LogP contribution < -0.4 is 5.32 Å². The van der Waals surface area contributed by atoms with Crippen LogP contribution in [0.25, 0.3) is 22.3 Å². The summed E-state index contributed by atoms with van der Waals surface area (Å²) in [7, 11) is 0. The number of hydrogen-bond acceptors (Lipinski definition) is 4. The number of hydrogen-bond donors (Lipinski definition) is 1. The largest absolute Gasteiger partial charge is 0.334 e. The van der Waals surface area contributed by atoms with E-state index in [4.69, 9.17) is 4.98 Å². The zero-order valence-electron chi connectivity index (χ0n) is 18.2. The van der Waals surface area contributed by atoms with Gasteiger partial charge in [-0.3, -0.25) is 4.79 Å². The van der Waals surface area contributed by atoms with Crippen molar-refractivity contribution < 1.29 is 4.79 Å². The van der Waals surface area contributed by atoms with E-state index >= 15 is 0 Å². The molecule has 0 saturated carbocycles. The van der Waals surface area contributed by atoms with Gasteiger partial charge in [-0.25, -0.2) is 9.67 Å². The molecule has 3 heterocycles. The molecular weight excluding hydrogens is 433 g/mol. The van der Waals surface area contributed by atoms with Crippen molar-refractivity contribution in [2.75, 3.05) is 19.6 Å². The van der Waals surface area contributed by atoms with Crippen LogP contribution in [0.4, 0.5) is 0 Å². The highest BCUT2D eigenvalue weighted by atomic mass is 35.5. The fourth-order valence-electron chi connectivity index (χ4n) is 4.08. The first-order chi connectivity index (χ1) is 14.1. The molecule has 1 unspecified atom stereocenters. The van der Waals surface area contributed by atoms with E-state index in [0.717, 1.165) is 54.8 Å². The van der Waals surface area contributed by atoms with Crippen LogP contribution >= 0.6 is 24.8 Å². The van der Waals surface area contributed by atoms with Crippen molar-refractivity contribution in [3.05, 3.63) is 48.2 Å². The highest BCUT2D eigenvalue weighted by molar-refractivity contribution is 6.06. The summed E-state index contributed by atoms with van der Waals surface area (Å²) < 4.78 is 1.90. The van der Waals surface area contributed by atoms with Crippen LogP contribution in [-0.4, -0.2) is 51.2 Å². The van der Waals surface area contributed by atoms with Crippen molar-refractivity contribution in [1.29, 1.82) is 0 Å². The Labute approximate surface area is 196 Å². The molecule has 0 spiro atoms. The second-order valence-corrected chi connectivity index (χ2v) is 7.99. The monoisotopic (exact) mass is 463 g/mol. The molecule has 168 valence electrons. The van der Waals surface area contributed by atoms with Gasteiger partial charge in [0.2, 0.25) is 0 Å². The minimum absolute atomic E-state index is 0. The highest BCUT2D eigenvalue weighted by Gasteiger charge is 2.29. The van der Waals surface area contributed by atoms with Gasteiger partial charge >= 0.3 is 0 Å². The number of pyridine rings is 1. The number of nitrogens with zero attached hydrogens (tertiary/aromatic N) is 4. The molecule has 6 nitrogen and oxygen atoms in total. The van der Waals surface area contributed by atoms with E-state index in [9.17, 15) is 4.79 Å². The van der Waals surface area contributed by atoms with Crippen molar-refractivity contribution in [2.45, 2.75) is 45.7 Å². The third-order valence-electron chi connectivity index (χ3n) is 5.56. The van der Waals surface area contributed by atoms with E-state index in [-0.39, 0.29) is 42.8 Å². The van der Waals surface area contributed by atoms with Crippen LogP contribution in [0.5, 0.6) is 0 Å². The first-order valence-corrected chi connectivity index (χ1v) is 10.6. The molecule has 1 amide bonds. The van der Waals surface area contributed by atoms with E-state index < -0.39 is 0 Å². The van der Waals surface area contributed by atoms with E-state index in [1.165, 1.54) is 0 Å². The molecular formula is C23H31Cl2N5O. The Bertz CT molecular complexity index is 1000. The predicted octanol–water partition coefficient (Wildman–Crippen LogP) is 4.74. The number of carbonyl (C=O) groups is 1. The normalized spacial score (nSPS) is 15.5. The molecule has 1 aliphatic rings. The Kier molecular flexibility index (Phi) is 8.86. The number of rotatable bonds is 6. The maximum atomic E-state index is 13.7. The number of halogens is 2. The van der Waals surface area contributed by atoms with Crippen molar-refractivity contribution in [3.63, 3.8) is 0 Å². The van der Waals surface area contributed by atoms with E-state index in [2.05, 4.69) is 31.2 Å². The number of nitrogens with one attached hydrogen (secondary N) is 1. The van der Waals surface area contributed by atoms with Crippen LogP contribution in [0.15, 0.2) is 42.6 Å². The molecule has 31 heavy (non-hydrogen) atoms. The Morgan fingerprint density at radius 3 is 2.61 bits per heavy atom. The summed E-state index contributed by atoms with van der Waals surface area (Å²) >= 11 is 0. The fraction of sp³-hybridized carbons (Fsp3) is 0.435. The minimum Gasteiger partial charge on any atom is -0.334 e. The SMILES string of the molecule is CCCN(C(=O)c1cc(-c2ccccc2)nc2c1cnn2C(C)C)C1CCNC1.Cl.Cl. The average molecular weight is 464 g/mol. The van der Waals surface area contributed by atoms with Gasteiger partial charge < -0.3 is 10.2 Å². The van der Waals surface area contributed by atoms with Crippen LogP contribution in [-0.2, 0) is 0 Å². The molecule has 1 saturated heterocycles. The maximum absolute atomic E-state index is 13.7. The molecule has 2 aromatic heterocycles. The van der Waals surface area contributed by atoms with Gasteiger partial charge in [0.15, 0.2) is 5.65 Å². The van der Waals surface area contributed by atoms with Gasteiger partial charge in [0.1, 0.15) is 0 Å². The Morgan fingerprint density at radius 2 is 2.00 bits per heavy atom. The first kappa shape index (κ1) is 25.1. The van der Waals surface area contributed by atoms with Crippen molar-refractivity contribution in [1.82, 2.24) is 25.0 Å². The summed E-state index contributed by atoms with van der Waals surface area (Å²) in [4.78, 5) is 20.7. The summed E-state index contributed by atoms with van der Waals surface area (Å²) in [5.74, 6) is 0.0773. The van der Waals surface area contributed by atoms with Crippen molar-refractivity contribution in [2.24, 2.45) is 0 Å². The lowest BCUT2D eigenvalue weighted by atomic mass is 10.0. The summed E-state index contributed by atoms with van der Waals surface area (Å²) in [6, 6.07) is 12.4. The van der Waals surface area contributed by atoms with Gasteiger partial charge in [0.05, 0.1) is 22.8 Å². The lowest BCUT2D eigenvalue weighted by Crippen LogP contribution is -2.42. The second kappa shape index (κ2) is 10.9. The molecule has 4 rings (SSSR count). The van der Waals surface area contributed by atoms with Crippen molar-refractivity contribution in [3.8, 4) is 11.3 Å². The van der Waals surface area contributed by atoms with Gasteiger partial charge in [-0.1, -0.05) is 37.3 Å². The van der Waals surface area contributed by atoms with E-state index in [1.54, 1.807) is 6.20 Å². The van der Waals surface area contributed by atoms with E-state index in [0.29, 0.717) is 5.56 Å². The number of carbonyl (C=O) groups excluding carboxylic acids is 1. The molecule has 1 aromatic carbocycles. The average Bonchev–Trinajstić information content (AvgIpc) is 3.41. The standard InChI is InChI=1S/C23H29N5O.2ClH/c1-4-12-27(18-10-11-24-14-18)23(29)19-13-21(17-8-6-5-7-9-17)26-22-20(19)15-25-28(22)16(2)3;;/h5-9,13,15-16,18,24H,4,10-12,14H2,1-3H3;2*1H. The van der Waals surface area contributed by atoms with Crippen molar-refractivity contribution >= 4 is 41.8 Å².